The fourth-order valence-corrected chi connectivity index (χ4v) is 8.88. The van der Waals surface area contributed by atoms with E-state index < -0.39 is 11.6 Å². The first-order valence-electron chi connectivity index (χ1n) is 20.8. The Hall–Kier alpha value is -5.27. The lowest BCUT2D eigenvalue weighted by molar-refractivity contribution is 0.0240. The number of piperazine rings is 1. The van der Waals surface area contributed by atoms with E-state index in [0.717, 1.165) is 60.9 Å². The highest BCUT2D eigenvalue weighted by Crippen LogP contribution is 2.43. The number of methoxy groups -OCH3 is 1. The van der Waals surface area contributed by atoms with E-state index in [1.807, 2.05) is 94.3 Å². The Morgan fingerprint density at radius 3 is 2.25 bits per heavy atom. The van der Waals surface area contributed by atoms with Gasteiger partial charge >= 0.3 is 12.1 Å². The van der Waals surface area contributed by atoms with Gasteiger partial charge in [0.05, 0.1) is 47.8 Å². The first kappa shape index (κ1) is 43.8. The largest absolute Gasteiger partial charge is 0.494 e. The van der Waals surface area contributed by atoms with Crippen LogP contribution in [0.25, 0.3) is 22.0 Å². The molecule has 0 radical (unpaired) electrons. The molecule has 2 aliphatic rings. The molecule has 5 heterocycles. The number of hydrogen-bond donors (Lipinski definition) is 0. The first-order valence-corrected chi connectivity index (χ1v) is 21.6. The first-order chi connectivity index (χ1) is 28.9. The molecular weight excluding hydrogens is 817 g/mol. The number of fused-ring (bicyclic) bond motifs is 3. The van der Waals surface area contributed by atoms with Crippen molar-refractivity contribution in [2.24, 2.45) is 7.05 Å². The molecule has 3 aromatic heterocycles. The molecule has 61 heavy (non-hydrogen) atoms. The predicted octanol–water partition coefficient (Wildman–Crippen LogP) is 8.88. The van der Waals surface area contributed by atoms with E-state index in [1.165, 1.54) is 7.11 Å². The molecule has 324 valence electrons. The summed E-state index contributed by atoms with van der Waals surface area (Å²) in [5, 5.41) is 7.01. The number of pyridine rings is 1. The highest BCUT2D eigenvalue weighted by atomic mass is 35.5. The minimum absolute atomic E-state index is 0.131. The number of esters is 1. The molecule has 13 nitrogen and oxygen atoms in total. The number of aryl methyl sites for hydroxylation is 6. The standard InChI is InChI=1S/C46H55Cl2N7O6/c1-27-22-33(23-28(2)40(27)48)60-21-10-12-34-35-13-14-36(47)39(38-29(3)50-51(8)30(38)4)41(35)55-16-11-15-54(43(56)42(34)55)26-32-24-31(44(57)59-9)25-37(49-32)52-17-19-53(20-18-52)45(58)61-46(5,6)7/h13-14,22-25H,10-12,15-21,26H2,1-9H3. The summed E-state index contributed by atoms with van der Waals surface area (Å²) in [6.45, 7) is 17.0. The average molecular weight is 873 g/mol. The van der Waals surface area contributed by atoms with Crippen molar-refractivity contribution >= 4 is 57.9 Å². The number of carbonyl (C=O) groups is 3. The van der Waals surface area contributed by atoms with Gasteiger partial charge in [-0.05, 0) is 115 Å². The van der Waals surface area contributed by atoms with Crippen molar-refractivity contribution < 1.29 is 28.6 Å². The minimum Gasteiger partial charge on any atom is -0.494 e. The summed E-state index contributed by atoms with van der Waals surface area (Å²) in [5.41, 5.74) is 8.30. The lowest BCUT2D eigenvalue weighted by Gasteiger charge is -2.36. The van der Waals surface area contributed by atoms with Gasteiger partial charge < -0.3 is 33.5 Å². The summed E-state index contributed by atoms with van der Waals surface area (Å²) < 4.78 is 21.0. The lowest BCUT2D eigenvalue weighted by Crippen LogP contribution is -2.50. The van der Waals surface area contributed by atoms with Crippen LogP contribution in [0, 0.1) is 27.7 Å². The van der Waals surface area contributed by atoms with Gasteiger partial charge in [0, 0.05) is 73.5 Å². The molecule has 7 rings (SSSR count). The molecule has 0 spiro atoms. The Balaban J connectivity index is 1.23. The number of rotatable bonds is 10. The second kappa shape index (κ2) is 17.6. The van der Waals surface area contributed by atoms with Crippen molar-refractivity contribution in [3.8, 4) is 16.9 Å². The second-order valence-electron chi connectivity index (χ2n) is 17.0. The maximum absolute atomic E-state index is 15.2. The molecule has 0 bridgehead atoms. The quantitative estimate of drug-likeness (QED) is 0.100. The normalized spacial score (nSPS) is 14.7. The van der Waals surface area contributed by atoms with Gasteiger partial charge in [-0.1, -0.05) is 29.3 Å². The van der Waals surface area contributed by atoms with Crippen LogP contribution in [-0.2, 0) is 36.0 Å². The third kappa shape index (κ3) is 9.04. The van der Waals surface area contributed by atoms with E-state index in [9.17, 15) is 9.59 Å². The monoisotopic (exact) mass is 871 g/mol. The van der Waals surface area contributed by atoms with Crippen LogP contribution in [-0.4, -0.2) is 99.1 Å². The number of amides is 2. The van der Waals surface area contributed by atoms with Crippen molar-refractivity contribution in [3.05, 3.63) is 91.5 Å². The highest BCUT2D eigenvalue weighted by Gasteiger charge is 2.33. The fourth-order valence-electron chi connectivity index (χ4n) is 8.53. The van der Waals surface area contributed by atoms with E-state index in [4.69, 9.17) is 47.5 Å². The van der Waals surface area contributed by atoms with Gasteiger partial charge in [-0.15, -0.1) is 0 Å². The van der Waals surface area contributed by atoms with Gasteiger partial charge in [0.15, 0.2) is 0 Å². The van der Waals surface area contributed by atoms with Crippen LogP contribution < -0.4 is 9.64 Å². The van der Waals surface area contributed by atoms with E-state index in [-0.39, 0.29) is 18.5 Å². The number of aromatic nitrogens is 4. The molecular formula is C46H55Cl2N7O6. The van der Waals surface area contributed by atoms with Crippen molar-refractivity contribution in [3.63, 3.8) is 0 Å². The smallest absolute Gasteiger partial charge is 0.410 e. The molecule has 0 saturated carbocycles. The third-order valence-corrected chi connectivity index (χ3v) is 12.4. The summed E-state index contributed by atoms with van der Waals surface area (Å²) in [6.07, 6.45) is 1.54. The highest BCUT2D eigenvalue weighted by molar-refractivity contribution is 6.35. The second-order valence-corrected chi connectivity index (χ2v) is 17.8. The fraction of sp³-hybridized carbons (Fsp3) is 0.457. The molecule has 15 heteroatoms. The molecule has 0 atom stereocenters. The SMILES string of the molecule is COC(=O)c1cc(CN2CCCn3c(c(CCCOc4cc(C)c(Cl)c(C)c4)c4ccc(Cl)c(-c5c(C)nn(C)c5C)c43)C2=O)nc(N2CCN(C(=O)OC(C)(C)C)CC2)c1. The van der Waals surface area contributed by atoms with E-state index in [1.54, 1.807) is 17.0 Å². The molecule has 2 amide bonds. The van der Waals surface area contributed by atoms with Crippen molar-refractivity contribution in [2.45, 2.75) is 86.4 Å². The summed E-state index contributed by atoms with van der Waals surface area (Å²) in [7, 11) is 3.27. The number of nitrogens with zero attached hydrogens (tertiary/aromatic N) is 7. The lowest BCUT2D eigenvalue weighted by atomic mass is 9.98. The van der Waals surface area contributed by atoms with Crippen LogP contribution in [0.5, 0.6) is 5.75 Å². The van der Waals surface area contributed by atoms with Crippen LogP contribution in [0.1, 0.15) is 88.2 Å². The Morgan fingerprint density at radius 1 is 0.902 bits per heavy atom. The zero-order valence-electron chi connectivity index (χ0n) is 36.6. The van der Waals surface area contributed by atoms with Gasteiger partial charge in [-0.2, -0.15) is 5.10 Å². The zero-order valence-corrected chi connectivity index (χ0v) is 38.1. The molecule has 2 aromatic carbocycles. The third-order valence-electron chi connectivity index (χ3n) is 11.5. The molecule has 1 saturated heterocycles. The molecule has 2 aliphatic heterocycles. The van der Waals surface area contributed by atoms with Crippen molar-refractivity contribution in [1.29, 1.82) is 0 Å². The van der Waals surface area contributed by atoms with Crippen molar-refractivity contribution in [1.82, 2.24) is 29.1 Å². The Kier molecular flexibility index (Phi) is 12.6. The van der Waals surface area contributed by atoms with Crippen LogP contribution in [0.15, 0.2) is 36.4 Å². The molecule has 0 N–H and O–H groups in total. The number of benzene rings is 2. The van der Waals surface area contributed by atoms with Gasteiger partial charge in [0.25, 0.3) is 5.91 Å². The van der Waals surface area contributed by atoms with E-state index in [0.29, 0.717) is 92.9 Å². The van der Waals surface area contributed by atoms with Crippen LogP contribution in [0.2, 0.25) is 10.0 Å². The Morgan fingerprint density at radius 2 is 1.61 bits per heavy atom. The topological polar surface area (TPSA) is 124 Å². The number of hydrogen-bond acceptors (Lipinski definition) is 9. The molecule has 0 unspecified atom stereocenters. The Labute approximate surface area is 367 Å². The maximum atomic E-state index is 15.2. The molecule has 1 fully saturated rings. The average Bonchev–Trinajstić information content (AvgIpc) is 3.59. The number of anilines is 1. The zero-order chi connectivity index (χ0) is 43.9. The van der Waals surface area contributed by atoms with Gasteiger partial charge in [-0.3, -0.25) is 9.48 Å². The van der Waals surface area contributed by atoms with Gasteiger partial charge in [0.1, 0.15) is 22.9 Å². The number of ether oxygens (including phenoxy) is 3. The van der Waals surface area contributed by atoms with Crippen LogP contribution >= 0.6 is 23.2 Å². The summed E-state index contributed by atoms with van der Waals surface area (Å²) in [4.78, 5) is 51.5. The minimum atomic E-state index is -0.600. The Bertz CT molecular complexity index is 2490. The van der Waals surface area contributed by atoms with E-state index >= 15 is 4.79 Å². The maximum Gasteiger partial charge on any atom is 0.410 e. The number of halogens is 2. The van der Waals surface area contributed by atoms with Gasteiger partial charge in [0.2, 0.25) is 0 Å². The summed E-state index contributed by atoms with van der Waals surface area (Å²) >= 11 is 13.5. The molecule has 0 aliphatic carbocycles. The van der Waals surface area contributed by atoms with Crippen molar-refractivity contribution in [2.75, 3.05) is 51.3 Å². The van der Waals surface area contributed by atoms with Gasteiger partial charge in [-0.25, -0.2) is 14.6 Å². The number of carbonyl (C=O) groups excluding carboxylic acids is 3. The van der Waals surface area contributed by atoms with Crippen LogP contribution in [0.3, 0.4) is 0 Å². The van der Waals surface area contributed by atoms with E-state index in [2.05, 4.69) is 4.57 Å². The summed E-state index contributed by atoms with van der Waals surface area (Å²) in [6, 6.07) is 11.2. The molecule has 5 aromatic rings. The summed E-state index contributed by atoms with van der Waals surface area (Å²) in [5.74, 6) is 0.697. The predicted molar refractivity (Wildman–Crippen MR) is 238 cm³/mol. The van der Waals surface area contributed by atoms with Crippen LogP contribution in [0.4, 0.5) is 10.6 Å².